The Bertz CT molecular complexity index is 347. The van der Waals surface area contributed by atoms with Crippen LogP contribution < -0.4 is 11.1 Å². The van der Waals surface area contributed by atoms with Crippen LogP contribution in [0.2, 0.25) is 0 Å². The lowest BCUT2D eigenvalue weighted by molar-refractivity contribution is 0.125. The molecule has 0 aromatic heterocycles. The van der Waals surface area contributed by atoms with Crippen molar-refractivity contribution in [3.05, 3.63) is 0 Å². The third kappa shape index (κ3) is 35.8. The molecule has 0 fully saturated rings. The second kappa shape index (κ2) is 35.8. The Morgan fingerprint density at radius 2 is 0.676 bits per heavy atom. The Kier molecular flexibility index (Phi) is 35.7. The number of hydrogen-bond acceptors (Lipinski definition) is 4. The van der Waals surface area contributed by atoms with Crippen molar-refractivity contribution in [2.24, 2.45) is 5.73 Å². The van der Waals surface area contributed by atoms with E-state index in [-0.39, 0.29) is 0 Å². The maximum atomic E-state index is 5.84. The molecule has 4 nitrogen and oxygen atoms in total. The standard InChI is InChI=1S/C33H70N2O2/c1-2-3-4-5-6-7-13-16-19-22-30-36-31-23-20-17-14-11-9-8-10-12-15-18-21-24-32-37-33-26-29-35-28-25-27-34/h35H,2-34H2,1H3. The first-order valence-corrected chi connectivity index (χ1v) is 17.0. The molecule has 0 spiro atoms. The van der Waals surface area contributed by atoms with Crippen LogP contribution >= 0.6 is 0 Å². The summed E-state index contributed by atoms with van der Waals surface area (Å²) in [6.07, 6.45) is 34.1. The van der Waals surface area contributed by atoms with E-state index < -0.39 is 0 Å². The minimum Gasteiger partial charge on any atom is -0.381 e. The third-order valence-corrected chi connectivity index (χ3v) is 7.42. The lowest BCUT2D eigenvalue weighted by Crippen LogP contribution is -2.20. The zero-order valence-electron chi connectivity index (χ0n) is 25.5. The Balaban J connectivity index is 3.00. The van der Waals surface area contributed by atoms with E-state index in [1.165, 1.54) is 148 Å². The van der Waals surface area contributed by atoms with Crippen LogP contribution in [-0.2, 0) is 9.47 Å². The number of rotatable bonds is 34. The summed E-state index contributed by atoms with van der Waals surface area (Å²) < 4.78 is 11.6. The van der Waals surface area contributed by atoms with Crippen molar-refractivity contribution in [2.75, 3.05) is 46.1 Å². The van der Waals surface area contributed by atoms with Crippen molar-refractivity contribution < 1.29 is 9.47 Å². The fourth-order valence-electron chi connectivity index (χ4n) is 4.90. The highest BCUT2D eigenvalue weighted by Crippen LogP contribution is 2.13. The number of hydrogen-bond donors (Lipinski definition) is 2. The molecule has 0 heterocycles. The lowest BCUT2D eigenvalue weighted by Gasteiger charge is -2.06. The van der Waals surface area contributed by atoms with Gasteiger partial charge in [-0.05, 0) is 51.7 Å². The summed E-state index contributed by atoms with van der Waals surface area (Å²) in [6.45, 7) is 8.95. The van der Waals surface area contributed by atoms with Crippen molar-refractivity contribution in [1.29, 1.82) is 0 Å². The van der Waals surface area contributed by atoms with Crippen LogP contribution in [0.1, 0.15) is 167 Å². The summed E-state index contributed by atoms with van der Waals surface area (Å²) in [6, 6.07) is 0. The first-order valence-electron chi connectivity index (χ1n) is 17.0. The van der Waals surface area contributed by atoms with E-state index in [9.17, 15) is 0 Å². The van der Waals surface area contributed by atoms with Gasteiger partial charge in [-0.3, -0.25) is 0 Å². The van der Waals surface area contributed by atoms with Crippen LogP contribution in [0, 0.1) is 0 Å². The van der Waals surface area contributed by atoms with Crippen LogP contribution in [0.4, 0.5) is 0 Å². The van der Waals surface area contributed by atoms with Gasteiger partial charge < -0.3 is 20.5 Å². The molecule has 0 aromatic carbocycles. The highest BCUT2D eigenvalue weighted by atomic mass is 16.5. The molecule has 3 N–H and O–H groups in total. The predicted octanol–water partition coefficient (Wildman–Crippen LogP) is 9.34. The zero-order valence-corrected chi connectivity index (χ0v) is 25.5. The summed E-state index contributed by atoms with van der Waals surface area (Å²) in [5, 5.41) is 3.39. The molecule has 0 saturated carbocycles. The van der Waals surface area contributed by atoms with E-state index in [1.54, 1.807) is 0 Å². The molecule has 0 saturated heterocycles. The third-order valence-electron chi connectivity index (χ3n) is 7.42. The quantitative estimate of drug-likeness (QED) is 0.0820. The number of ether oxygens (including phenoxy) is 2. The molecule has 0 unspecified atom stereocenters. The van der Waals surface area contributed by atoms with Crippen molar-refractivity contribution in [3.8, 4) is 0 Å². The maximum absolute atomic E-state index is 5.84. The predicted molar refractivity (Wildman–Crippen MR) is 165 cm³/mol. The fraction of sp³-hybridized carbons (Fsp3) is 1.00. The topological polar surface area (TPSA) is 56.5 Å². The van der Waals surface area contributed by atoms with Crippen molar-refractivity contribution in [3.63, 3.8) is 0 Å². The summed E-state index contributed by atoms with van der Waals surface area (Å²) in [5.74, 6) is 0. The van der Waals surface area contributed by atoms with Crippen LogP contribution in [0.25, 0.3) is 0 Å². The van der Waals surface area contributed by atoms with Gasteiger partial charge in [0.25, 0.3) is 0 Å². The first-order chi connectivity index (χ1) is 18.4. The van der Waals surface area contributed by atoms with Crippen LogP contribution in [0.5, 0.6) is 0 Å². The van der Waals surface area contributed by atoms with E-state index >= 15 is 0 Å². The molecule has 0 aromatic rings. The molecule has 0 atom stereocenters. The van der Waals surface area contributed by atoms with Crippen molar-refractivity contribution in [1.82, 2.24) is 5.32 Å². The Labute approximate surface area is 234 Å². The molecule has 0 aliphatic carbocycles. The lowest BCUT2D eigenvalue weighted by atomic mass is 10.0. The van der Waals surface area contributed by atoms with Gasteiger partial charge in [-0.25, -0.2) is 0 Å². The Morgan fingerprint density at radius 1 is 0.378 bits per heavy atom. The molecule has 0 aliphatic heterocycles. The maximum Gasteiger partial charge on any atom is 0.0478 e. The molecule has 4 heteroatoms. The average molecular weight is 527 g/mol. The Hall–Kier alpha value is -0.160. The molecule has 0 bridgehead atoms. The molecular weight excluding hydrogens is 456 g/mol. The van der Waals surface area contributed by atoms with Gasteiger partial charge in [0, 0.05) is 26.4 Å². The average Bonchev–Trinajstić information content (AvgIpc) is 2.91. The van der Waals surface area contributed by atoms with E-state index in [4.69, 9.17) is 15.2 Å². The minimum atomic E-state index is 0.777. The van der Waals surface area contributed by atoms with Gasteiger partial charge >= 0.3 is 0 Å². The fourth-order valence-corrected chi connectivity index (χ4v) is 4.90. The van der Waals surface area contributed by atoms with E-state index in [0.717, 1.165) is 58.9 Å². The van der Waals surface area contributed by atoms with Crippen LogP contribution in [0.15, 0.2) is 0 Å². The summed E-state index contributed by atoms with van der Waals surface area (Å²) in [7, 11) is 0. The summed E-state index contributed by atoms with van der Waals surface area (Å²) in [5.41, 5.74) is 5.48. The highest BCUT2D eigenvalue weighted by molar-refractivity contribution is 4.51. The van der Waals surface area contributed by atoms with Gasteiger partial charge in [-0.2, -0.15) is 0 Å². The first kappa shape index (κ1) is 36.8. The largest absolute Gasteiger partial charge is 0.381 e. The highest BCUT2D eigenvalue weighted by Gasteiger charge is 1.97. The normalized spacial score (nSPS) is 11.5. The van der Waals surface area contributed by atoms with Gasteiger partial charge in [0.1, 0.15) is 0 Å². The second-order valence-electron chi connectivity index (χ2n) is 11.2. The second-order valence-corrected chi connectivity index (χ2v) is 11.2. The SMILES string of the molecule is CCCCCCCCCCCCOCCCCCCCCCCCCCCCOCCCNCCCN. The smallest absolute Gasteiger partial charge is 0.0478 e. The molecule has 0 aliphatic rings. The summed E-state index contributed by atoms with van der Waals surface area (Å²) >= 11 is 0. The Morgan fingerprint density at radius 3 is 1.03 bits per heavy atom. The monoisotopic (exact) mass is 527 g/mol. The molecule has 224 valence electrons. The van der Waals surface area contributed by atoms with Crippen LogP contribution in [-0.4, -0.2) is 46.1 Å². The molecular formula is C33H70N2O2. The molecule has 0 rings (SSSR count). The van der Waals surface area contributed by atoms with Crippen molar-refractivity contribution >= 4 is 0 Å². The number of unbranched alkanes of at least 4 members (excludes halogenated alkanes) is 21. The van der Waals surface area contributed by atoms with Gasteiger partial charge in [0.05, 0.1) is 0 Å². The molecule has 0 radical (unpaired) electrons. The molecule has 37 heavy (non-hydrogen) atoms. The number of nitrogens with one attached hydrogen (secondary N) is 1. The van der Waals surface area contributed by atoms with E-state index in [2.05, 4.69) is 12.2 Å². The minimum absolute atomic E-state index is 0.777. The van der Waals surface area contributed by atoms with Crippen molar-refractivity contribution in [2.45, 2.75) is 167 Å². The van der Waals surface area contributed by atoms with Gasteiger partial charge in [0.15, 0.2) is 0 Å². The van der Waals surface area contributed by atoms with Crippen LogP contribution in [0.3, 0.4) is 0 Å². The number of nitrogens with two attached hydrogens (primary N) is 1. The van der Waals surface area contributed by atoms with Gasteiger partial charge in [-0.1, -0.05) is 135 Å². The summed E-state index contributed by atoms with van der Waals surface area (Å²) in [4.78, 5) is 0. The zero-order chi connectivity index (χ0) is 26.7. The van der Waals surface area contributed by atoms with E-state index in [1.807, 2.05) is 0 Å². The van der Waals surface area contributed by atoms with E-state index in [0.29, 0.717) is 0 Å². The van der Waals surface area contributed by atoms with Gasteiger partial charge in [-0.15, -0.1) is 0 Å². The molecule has 0 amide bonds. The van der Waals surface area contributed by atoms with Gasteiger partial charge in [0.2, 0.25) is 0 Å².